The average Bonchev–Trinajstić information content (AvgIpc) is 2.46. The second-order valence-electron chi connectivity index (χ2n) is 4.04. The second kappa shape index (κ2) is 6.95. The maximum Gasteiger partial charge on any atom is 0.138 e. The standard InChI is InChI=1S/C16H13ClFNO/c17-14-5-1-2-6-16(14)20-11-12-7-8-15(18)13(10-12)4-3-9-19/h1-2,5-8,10H,9,11,19H2. The number of benzene rings is 2. The van der Waals surface area contributed by atoms with Crippen LogP contribution in [-0.4, -0.2) is 6.54 Å². The lowest BCUT2D eigenvalue weighted by Crippen LogP contribution is -1.98. The fourth-order valence-electron chi connectivity index (χ4n) is 1.63. The number of halogens is 2. The van der Waals surface area contributed by atoms with Crippen LogP contribution in [-0.2, 0) is 6.61 Å². The average molecular weight is 290 g/mol. The third kappa shape index (κ3) is 3.74. The Labute approximate surface area is 122 Å². The monoisotopic (exact) mass is 289 g/mol. The third-order valence-corrected chi connectivity index (χ3v) is 2.90. The van der Waals surface area contributed by atoms with Gasteiger partial charge in [-0.25, -0.2) is 4.39 Å². The molecule has 0 bridgehead atoms. The number of para-hydroxylation sites is 1. The largest absolute Gasteiger partial charge is 0.487 e. The first-order chi connectivity index (χ1) is 9.70. The van der Waals surface area contributed by atoms with E-state index in [0.717, 1.165) is 5.56 Å². The first-order valence-electron chi connectivity index (χ1n) is 6.05. The highest BCUT2D eigenvalue weighted by molar-refractivity contribution is 6.32. The molecule has 0 saturated carbocycles. The summed E-state index contributed by atoms with van der Waals surface area (Å²) in [4.78, 5) is 0. The Balaban J connectivity index is 2.12. The van der Waals surface area contributed by atoms with E-state index in [1.807, 2.05) is 12.1 Å². The molecule has 4 heteroatoms. The van der Waals surface area contributed by atoms with Crippen molar-refractivity contribution in [2.45, 2.75) is 6.61 Å². The zero-order chi connectivity index (χ0) is 14.4. The predicted molar refractivity (Wildman–Crippen MR) is 78.1 cm³/mol. The Morgan fingerprint density at radius 1 is 1.20 bits per heavy atom. The SMILES string of the molecule is NCC#Cc1cc(COc2ccccc2Cl)ccc1F. The van der Waals surface area contributed by atoms with Gasteiger partial charge < -0.3 is 10.5 Å². The van der Waals surface area contributed by atoms with Crippen LogP contribution in [0, 0.1) is 17.7 Å². The van der Waals surface area contributed by atoms with Gasteiger partial charge in [0.15, 0.2) is 0 Å². The van der Waals surface area contributed by atoms with Crippen molar-refractivity contribution in [1.29, 1.82) is 0 Å². The molecule has 0 unspecified atom stereocenters. The van der Waals surface area contributed by atoms with Crippen molar-refractivity contribution in [3.8, 4) is 17.6 Å². The van der Waals surface area contributed by atoms with E-state index >= 15 is 0 Å². The summed E-state index contributed by atoms with van der Waals surface area (Å²) in [6, 6.07) is 11.9. The van der Waals surface area contributed by atoms with Gasteiger partial charge in [-0.3, -0.25) is 0 Å². The highest BCUT2D eigenvalue weighted by atomic mass is 35.5. The maximum absolute atomic E-state index is 13.5. The van der Waals surface area contributed by atoms with Gasteiger partial charge in [0.1, 0.15) is 18.2 Å². The van der Waals surface area contributed by atoms with E-state index in [2.05, 4.69) is 11.8 Å². The molecular weight excluding hydrogens is 277 g/mol. The Bertz CT molecular complexity index is 661. The van der Waals surface area contributed by atoms with Gasteiger partial charge in [0, 0.05) is 0 Å². The number of rotatable bonds is 3. The Morgan fingerprint density at radius 3 is 2.75 bits per heavy atom. The van der Waals surface area contributed by atoms with Crippen molar-refractivity contribution >= 4 is 11.6 Å². The molecule has 0 aliphatic carbocycles. The summed E-state index contributed by atoms with van der Waals surface area (Å²) in [5.74, 6) is 5.55. The highest BCUT2D eigenvalue weighted by Crippen LogP contribution is 2.24. The van der Waals surface area contributed by atoms with E-state index in [-0.39, 0.29) is 12.4 Å². The van der Waals surface area contributed by atoms with E-state index in [0.29, 0.717) is 22.9 Å². The molecule has 0 aliphatic heterocycles. The molecule has 2 rings (SSSR count). The van der Waals surface area contributed by atoms with Crippen molar-refractivity contribution in [2.75, 3.05) is 6.54 Å². The molecule has 20 heavy (non-hydrogen) atoms. The lowest BCUT2D eigenvalue weighted by molar-refractivity contribution is 0.306. The molecule has 2 N–H and O–H groups in total. The molecule has 2 aromatic carbocycles. The molecule has 0 amide bonds. The number of hydrogen-bond donors (Lipinski definition) is 1. The van der Waals surface area contributed by atoms with Crippen LogP contribution in [0.5, 0.6) is 5.75 Å². The van der Waals surface area contributed by atoms with Crippen LogP contribution in [0.25, 0.3) is 0 Å². The van der Waals surface area contributed by atoms with Crippen molar-refractivity contribution in [2.24, 2.45) is 5.73 Å². The minimum Gasteiger partial charge on any atom is -0.487 e. The molecule has 0 aromatic heterocycles. The second-order valence-corrected chi connectivity index (χ2v) is 4.45. The molecule has 0 saturated heterocycles. The summed E-state index contributed by atoms with van der Waals surface area (Å²) >= 11 is 5.99. The molecule has 102 valence electrons. The smallest absolute Gasteiger partial charge is 0.138 e. The Hall–Kier alpha value is -2.02. The third-order valence-electron chi connectivity index (χ3n) is 2.59. The van der Waals surface area contributed by atoms with Gasteiger partial charge in [0.2, 0.25) is 0 Å². The van der Waals surface area contributed by atoms with Crippen molar-refractivity contribution in [3.63, 3.8) is 0 Å². The molecule has 0 atom stereocenters. The fraction of sp³-hybridized carbons (Fsp3) is 0.125. The van der Waals surface area contributed by atoms with Crippen molar-refractivity contribution < 1.29 is 9.13 Å². The first-order valence-corrected chi connectivity index (χ1v) is 6.43. The minimum atomic E-state index is -0.368. The number of hydrogen-bond acceptors (Lipinski definition) is 2. The van der Waals surface area contributed by atoms with Gasteiger partial charge in [0.05, 0.1) is 17.1 Å². The van der Waals surface area contributed by atoms with Crippen LogP contribution in [0.1, 0.15) is 11.1 Å². The normalized spacial score (nSPS) is 9.75. The van der Waals surface area contributed by atoms with Crippen LogP contribution in [0.2, 0.25) is 5.02 Å². The summed E-state index contributed by atoms with van der Waals surface area (Å²) in [6.45, 7) is 0.487. The van der Waals surface area contributed by atoms with Gasteiger partial charge in [-0.2, -0.15) is 0 Å². The van der Waals surface area contributed by atoms with E-state index in [9.17, 15) is 4.39 Å². The van der Waals surface area contributed by atoms with E-state index in [1.54, 1.807) is 24.3 Å². The molecule has 0 fully saturated rings. The zero-order valence-electron chi connectivity index (χ0n) is 10.7. The van der Waals surface area contributed by atoms with Gasteiger partial charge in [-0.05, 0) is 29.8 Å². The predicted octanol–water partition coefficient (Wildman–Crippen LogP) is 3.37. The Morgan fingerprint density at radius 2 is 2.00 bits per heavy atom. The molecule has 0 spiro atoms. The molecule has 0 aliphatic rings. The first kappa shape index (κ1) is 14.4. The zero-order valence-corrected chi connectivity index (χ0v) is 11.5. The summed E-state index contributed by atoms with van der Waals surface area (Å²) in [5, 5.41) is 0.540. The van der Waals surface area contributed by atoms with Gasteiger partial charge in [-0.15, -0.1) is 0 Å². The molecular formula is C16H13ClFNO. The van der Waals surface area contributed by atoms with E-state index < -0.39 is 0 Å². The molecule has 0 heterocycles. The van der Waals surface area contributed by atoms with E-state index in [4.69, 9.17) is 22.1 Å². The molecule has 0 radical (unpaired) electrons. The number of nitrogens with two attached hydrogens (primary N) is 1. The highest BCUT2D eigenvalue weighted by Gasteiger charge is 2.04. The summed E-state index contributed by atoms with van der Waals surface area (Å²) < 4.78 is 19.1. The molecule has 2 aromatic rings. The van der Waals surface area contributed by atoms with Crippen LogP contribution in [0.3, 0.4) is 0 Å². The van der Waals surface area contributed by atoms with Gasteiger partial charge in [-0.1, -0.05) is 41.6 Å². The summed E-state index contributed by atoms with van der Waals surface area (Å²) in [7, 11) is 0. The summed E-state index contributed by atoms with van der Waals surface area (Å²) in [5.41, 5.74) is 6.41. The fourth-order valence-corrected chi connectivity index (χ4v) is 1.82. The van der Waals surface area contributed by atoms with Crippen LogP contribution >= 0.6 is 11.6 Å². The maximum atomic E-state index is 13.5. The quantitative estimate of drug-likeness (QED) is 0.879. The van der Waals surface area contributed by atoms with Crippen LogP contribution in [0.15, 0.2) is 42.5 Å². The summed E-state index contributed by atoms with van der Waals surface area (Å²) in [6.07, 6.45) is 0. The van der Waals surface area contributed by atoms with Crippen molar-refractivity contribution in [3.05, 3.63) is 64.4 Å². The Kier molecular flexibility index (Phi) is 5.00. The van der Waals surface area contributed by atoms with Crippen molar-refractivity contribution in [1.82, 2.24) is 0 Å². The topological polar surface area (TPSA) is 35.2 Å². The van der Waals surface area contributed by atoms with E-state index in [1.165, 1.54) is 6.07 Å². The van der Waals surface area contributed by atoms with Gasteiger partial charge >= 0.3 is 0 Å². The van der Waals surface area contributed by atoms with Crippen LogP contribution in [0.4, 0.5) is 4.39 Å². The lowest BCUT2D eigenvalue weighted by atomic mass is 10.1. The number of ether oxygens (including phenoxy) is 1. The lowest BCUT2D eigenvalue weighted by Gasteiger charge is -2.08. The van der Waals surface area contributed by atoms with Crippen LogP contribution < -0.4 is 10.5 Å². The minimum absolute atomic E-state index is 0.194. The van der Waals surface area contributed by atoms with Gasteiger partial charge in [0.25, 0.3) is 0 Å². The molecule has 2 nitrogen and oxygen atoms in total.